The van der Waals surface area contributed by atoms with Crippen LogP contribution in [0.4, 0.5) is 0 Å². The molecule has 0 saturated heterocycles. The lowest BCUT2D eigenvalue weighted by molar-refractivity contribution is 0.356. The summed E-state index contributed by atoms with van der Waals surface area (Å²) in [5, 5.41) is 5.32. The van der Waals surface area contributed by atoms with Crippen LogP contribution < -0.4 is 5.14 Å². The van der Waals surface area contributed by atoms with Crippen LogP contribution in [0.5, 0.6) is 0 Å². The highest BCUT2D eigenvalue weighted by Crippen LogP contribution is 2.29. The van der Waals surface area contributed by atoms with Gasteiger partial charge in [-0.15, -0.1) is 0 Å². The molecule has 1 aliphatic carbocycles. The van der Waals surface area contributed by atoms with Gasteiger partial charge in [0.1, 0.15) is 0 Å². The van der Waals surface area contributed by atoms with Crippen molar-refractivity contribution in [3.8, 4) is 11.1 Å². The molecule has 1 aliphatic rings. The van der Waals surface area contributed by atoms with Crippen molar-refractivity contribution in [1.82, 2.24) is 0 Å². The highest BCUT2D eigenvalue weighted by Gasteiger charge is 2.16. The average molecular weight is 329 g/mol. The van der Waals surface area contributed by atoms with Gasteiger partial charge in [0.25, 0.3) is 0 Å². The second kappa shape index (κ2) is 6.85. The Morgan fingerprint density at radius 1 is 0.913 bits per heavy atom. The topological polar surface area (TPSA) is 60.2 Å². The van der Waals surface area contributed by atoms with Crippen molar-refractivity contribution in [1.29, 1.82) is 0 Å². The van der Waals surface area contributed by atoms with Crippen molar-refractivity contribution in [3.63, 3.8) is 0 Å². The summed E-state index contributed by atoms with van der Waals surface area (Å²) in [7, 11) is -3.71. The largest absolute Gasteiger partial charge is 0.238 e. The molecule has 23 heavy (non-hydrogen) atoms. The lowest BCUT2D eigenvalue weighted by atomic mass is 9.84. The van der Waals surface area contributed by atoms with Crippen LogP contribution >= 0.6 is 0 Å². The maximum absolute atomic E-state index is 11.7. The lowest BCUT2D eigenvalue weighted by Crippen LogP contribution is -2.13. The van der Waals surface area contributed by atoms with E-state index in [0.29, 0.717) is 5.56 Å². The van der Waals surface area contributed by atoms with Gasteiger partial charge in [-0.1, -0.05) is 74.6 Å². The Hall–Kier alpha value is -1.65. The van der Waals surface area contributed by atoms with Gasteiger partial charge in [0, 0.05) is 5.56 Å². The maximum Gasteiger partial charge on any atom is 0.238 e. The molecule has 3 rings (SSSR count). The van der Waals surface area contributed by atoms with E-state index in [9.17, 15) is 8.42 Å². The molecule has 2 aromatic carbocycles. The van der Waals surface area contributed by atoms with Gasteiger partial charge in [-0.05, 0) is 29.5 Å². The number of primary sulfonamides is 1. The molecule has 0 bridgehead atoms. The van der Waals surface area contributed by atoms with Crippen molar-refractivity contribution in [2.75, 3.05) is 0 Å². The maximum atomic E-state index is 11.7. The number of hydrogen-bond donors (Lipinski definition) is 1. The third-order valence-corrected chi connectivity index (χ3v) is 5.68. The Morgan fingerprint density at radius 3 is 2.22 bits per heavy atom. The van der Waals surface area contributed by atoms with Crippen LogP contribution in [0.2, 0.25) is 0 Å². The molecule has 0 aromatic heterocycles. The predicted molar refractivity (Wildman–Crippen MR) is 93.5 cm³/mol. The minimum atomic E-state index is -3.71. The molecule has 0 aliphatic heterocycles. The first-order valence-corrected chi connectivity index (χ1v) is 9.80. The minimum Gasteiger partial charge on any atom is -0.225 e. The van der Waals surface area contributed by atoms with Gasteiger partial charge in [0.15, 0.2) is 0 Å². The van der Waals surface area contributed by atoms with Gasteiger partial charge in [-0.25, -0.2) is 13.6 Å². The zero-order valence-corrected chi connectivity index (χ0v) is 14.1. The molecule has 122 valence electrons. The van der Waals surface area contributed by atoms with E-state index in [1.165, 1.54) is 37.7 Å². The summed E-state index contributed by atoms with van der Waals surface area (Å²) in [6.07, 6.45) is 7.86. The van der Waals surface area contributed by atoms with Crippen LogP contribution in [0, 0.1) is 5.92 Å². The molecule has 0 amide bonds. The summed E-state index contributed by atoms with van der Waals surface area (Å²) in [5.41, 5.74) is 2.88. The van der Waals surface area contributed by atoms with Gasteiger partial charge >= 0.3 is 0 Å². The lowest BCUT2D eigenvalue weighted by Gasteiger charge is -2.21. The molecule has 4 heteroatoms. The molecule has 1 saturated carbocycles. The van der Waals surface area contributed by atoms with Crippen LogP contribution in [0.25, 0.3) is 11.1 Å². The van der Waals surface area contributed by atoms with Crippen molar-refractivity contribution < 1.29 is 8.42 Å². The van der Waals surface area contributed by atoms with E-state index in [0.717, 1.165) is 17.9 Å². The molecule has 0 heterocycles. The first-order valence-electron chi connectivity index (χ1n) is 8.25. The summed E-state index contributed by atoms with van der Waals surface area (Å²) < 4.78 is 23.5. The van der Waals surface area contributed by atoms with E-state index in [2.05, 4.69) is 12.1 Å². The fourth-order valence-electron chi connectivity index (χ4n) is 3.50. The standard InChI is InChI=1S/C19H23NO2S/c20-23(21,22)19-9-5-4-8-18(19)17-12-10-16(11-13-17)14-15-6-2-1-3-7-15/h4-5,8-13,15H,1-3,6-7,14H2,(H2,20,21,22). The fourth-order valence-corrected chi connectivity index (χ4v) is 4.26. The van der Waals surface area contributed by atoms with Gasteiger partial charge in [-0.3, -0.25) is 0 Å². The fraction of sp³-hybridized carbons (Fsp3) is 0.368. The smallest absolute Gasteiger partial charge is 0.225 e. The monoisotopic (exact) mass is 329 g/mol. The van der Waals surface area contributed by atoms with Crippen LogP contribution in [0.1, 0.15) is 37.7 Å². The predicted octanol–water partition coefficient (Wildman–Crippen LogP) is 4.12. The van der Waals surface area contributed by atoms with E-state index in [1.54, 1.807) is 18.2 Å². The van der Waals surface area contributed by atoms with E-state index >= 15 is 0 Å². The highest BCUT2D eigenvalue weighted by molar-refractivity contribution is 7.89. The third-order valence-electron chi connectivity index (χ3n) is 4.71. The van der Waals surface area contributed by atoms with Gasteiger partial charge < -0.3 is 0 Å². The van der Waals surface area contributed by atoms with Crippen molar-refractivity contribution in [3.05, 3.63) is 54.1 Å². The average Bonchev–Trinajstić information content (AvgIpc) is 2.56. The van der Waals surface area contributed by atoms with E-state index < -0.39 is 10.0 Å². The van der Waals surface area contributed by atoms with E-state index in [4.69, 9.17) is 5.14 Å². The number of benzene rings is 2. The third kappa shape index (κ3) is 4.01. The summed E-state index contributed by atoms with van der Waals surface area (Å²) in [6, 6.07) is 15.1. The Morgan fingerprint density at radius 2 is 1.57 bits per heavy atom. The normalized spacial score (nSPS) is 16.4. The molecule has 0 radical (unpaired) electrons. The Kier molecular flexibility index (Phi) is 4.83. The Balaban J connectivity index is 1.83. The van der Waals surface area contributed by atoms with Crippen LogP contribution in [0.3, 0.4) is 0 Å². The number of hydrogen-bond acceptors (Lipinski definition) is 2. The Labute approximate surface area is 138 Å². The minimum absolute atomic E-state index is 0.181. The van der Waals surface area contributed by atoms with Gasteiger partial charge in [0.2, 0.25) is 10.0 Å². The summed E-state index contributed by atoms with van der Waals surface area (Å²) >= 11 is 0. The quantitative estimate of drug-likeness (QED) is 0.917. The first kappa shape index (κ1) is 16.2. The van der Waals surface area contributed by atoms with E-state index in [1.807, 2.05) is 18.2 Å². The van der Waals surface area contributed by atoms with Gasteiger partial charge in [-0.2, -0.15) is 0 Å². The van der Waals surface area contributed by atoms with Crippen molar-refractivity contribution in [2.45, 2.75) is 43.4 Å². The molecular weight excluding hydrogens is 306 g/mol. The second-order valence-corrected chi connectivity index (χ2v) is 7.98. The number of rotatable bonds is 4. The van der Waals surface area contributed by atoms with Gasteiger partial charge in [0.05, 0.1) is 4.90 Å². The molecular formula is C19H23NO2S. The molecule has 2 N–H and O–H groups in total. The number of nitrogens with two attached hydrogens (primary N) is 1. The molecule has 1 fully saturated rings. The first-order chi connectivity index (χ1) is 11.0. The SMILES string of the molecule is NS(=O)(=O)c1ccccc1-c1ccc(CC2CCCCC2)cc1. The Bertz CT molecular complexity index is 760. The summed E-state index contributed by atoms with van der Waals surface area (Å²) in [6.45, 7) is 0. The summed E-state index contributed by atoms with van der Waals surface area (Å²) in [4.78, 5) is 0.181. The number of sulfonamides is 1. The van der Waals surface area contributed by atoms with Crippen molar-refractivity contribution in [2.24, 2.45) is 11.1 Å². The van der Waals surface area contributed by atoms with Crippen molar-refractivity contribution >= 4 is 10.0 Å². The van der Waals surface area contributed by atoms with Crippen LogP contribution in [-0.4, -0.2) is 8.42 Å². The zero-order chi connectivity index (χ0) is 16.3. The molecule has 0 atom stereocenters. The van der Waals surface area contributed by atoms with E-state index in [-0.39, 0.29) is 4.90 Å². The van der Waals surface area contributed by atoms with Crippen LogP contribution in [-0.2, 0) is 16.4 Å². The molecule has 2 aromatic rings. The highest BCUT2D eigenvalue weighted by atomic mass is 32.2. The second-order valence-electron chi connectivity index (χ2n) is 6.45. The summed E-state index contributed by atoms with van der Waals surface area (Å²) in [5.74, 6) is 0.798. The van der Waals surface area contributed by atoms with Crippen LogP contribution in [0.15, 0.2) is 53.4 Å². The molecule has 3 nitrogen and oxygen atoms in total. The molecule has 0 unspecified atom stereocenters. The zero-order valence-electron chi connectivity index (χ0n) is 13.2. The molecule has 0 spiro atoms.